The summed E-state index contributed by atoms with van der Waals surface area (Å²) in [7, 11) is 1.62. The normalized spacial score (nSPS) is 17.1. The van der Waals surface area contributed by atoms with Crippen LogP contribution in [0.1, 0.15) is 18.4 Å². The van der Waals surface area contributed by atoms with Crippen molar-refractivity contribution in [3.05, 3.63) is 27.7 Å². The number of halogens is 2. The first kappa shape index (κ1) is 13.0. The van der Waals surface area contributed by atoms with Crippen molar-refractivity contribution < 1.29 is 4.74 Å². The lowest BCUT2D eigenvalue weighted by Crippen LogP contribution is -2.28. The number of piperidine rings is 1. The molecule has 1 saturated heterocycles. The second kappa shape index (κ2) is 5.94. The van der Waals surface area contributed by atoms with Gasteiger partial charge >= 0.3 is 0 Å². The van der Waals surface area contributed by atoms with Gasteiger partial charge < -0.3 is 10.1 Å². The molecule has 1 heterocycles. The Morgan fingerprint density at radius 1 is 1.29 bits per heavy atom. The molecule has 2 nitrogen and oxygen atoms in total. The molecule has 2 rings (SSSR count). The van der Waals surface area contributed by atoms with Crippen LogP contribution < -0.4 is 10.1 Å². The predicted octanol–water partition coefficient (Wildman–Crippen LogP) is 3.54. The first-order valence-corrected chi connectivity index (χ1v) is 6.69. The maximum atomic E-state index is 6.30. The Balaban J connectivity index is 2.16. The molecule has 0 atom stereocenters. The van der Waals surface area contributed by atoms with E-state index in [0.717, 1.165) is 25.1 Å². The summed E-state index contributed by atoms with van der Waals surface area (Å²) >= 11 is 12.4. The topological polar surface area (TPSA) is 21.3 Å². The van der Waals surface area contributed by atoms with Gasteiger partial charge in [-0.2, -0.15) is 0 Å². The molecule has 1 aliphatic heterocycles. The van der Waals surface area contributed by atoms with E-state index in [2.05, 4.69) is 5.32 Å². The second-order valence-electron chi connectivity index (χ2n) is 4.48. The summed E-state index contributed by atoms with van der Waals surface area (Å²) < 4.78 is 5.23. The molecule has 17 heavy (non-hydrogen) atoms. The highest BCUT2D eigenvalue weighted by Gasteiger charge is 2.17. The molecule has 94 valence electrons. The van der Waals surface area contributed by atoms with Crippen molar-refractivity contribution in [2.45, 2.75) is 19.3 Å². The van der Waals surface area contributed by atoms with E-state index in [-0.39, 0.29) is 0 Å². The van der Waals surface area contributed by atoms with Gasteiger partial charge in [-0.05, 0) is 49.9 Å². The van der Waals surface area contributed by atoms with Crippen molar-refractivity contribution in [3.63, 3.8) is 0 Å². The smallest absolute Gasteiger partial charge is 0.139 e. The highest BCUT2D eigenvalue weighted by molar-refractivity contribution is 6.34. The van der Waals surface area contributed by atoms with Gasteiger partial charge in [0.1, 0.15) is 5.75 Å². The van der Waals surface area contributed by atoms with Crippen molar-refractivity contribution in [2.24, 2.45) is 5.92 Å². The van der Waals surface area contributed by atoms with Crippen LogP contribution in [0.15, 0.2) is 12.1 Å². The highest BCUT2D eigenvalue weighted by atomic mass is 35.5. The maximum absolute atomic E-state index is 6.30. The van der Waals surface area contributed by atoms with Gasteiger partial charge in [0.05, 0.1) is 12.1 Å². The summed E-state index contributed by atoms with van der Waals surface area (Å²) in [5.74, 6) is 1.36. The first-order chi connectivity index (χ1) is 8.20. The van der Waals surface area contributed by atoms with Crippen molar-refractivity contribution in [1.29, 1.82) is 0 Å². The van der Waals surface area contributed by atoms with Gasteiger partial charge in [-0.25, -0.2) is 0 Å². The third-order valence-corrected chi connectivity index (χ3v) is 3.91. The Morgan fingerprint density at radius 2 is 2.00 bits per heavy atom. The zero-order chi connectivity index (χ0) is 12.3. The van der Waals surface area contributed by atoms with Crippen LogP contribution in [0.3, 0.4) is 0 Å². The zero-order valence-corrected chi connectivity index (χ0v) is 11.4. The Hall–Kier alpha value is -0.440. The van der Waals surface area contributed by atoms with E-state index in [1.165, 1.54) is 12.8 Å². The van der Waals surface area contributed by atoms with Gasteiger partial charge in [0.25, 0.3) is 0 Å². The van der Waals surface area contributed by atoms with Crippen LogP contribution in [0.5, 0.6) is 5.75 Å². The number of methoxy groups -OCH3 is 1. The average Bonchev–Trinajstić information content (AvgIpc) is 2.34. The fourth-order valence-electron chi connectivity index (χ4n) is 2.31. The van der Waals surface area contributed by atoms with E-state index in [0.29, 0.717) is 21.7 Å². The summed E-state index contributed by atoms with van der Waals surface area (Å²) in [4.78, 5) is 0. The molecule has 1 N–H and O–H groups in total. The molecule has 4 heteroatoms. The summed E-state index contributed by atoms with van der Waals surface area (Å²) in [6.45, 7) is 2.19. The Morgan fingerprint density at radius 3 is 2.65 bits per heavy atom. The molecule has 0 unspecified atom stereocenters. The van der Waals surface area contributed by atoms with Crippen molar-refractivity contribution in [3.8, 4) is 5.75 Å². The lowest BCUT2D eigenvalue weighted by molar-refractivity contribution is 0.371. The fourth-order valence-corrected chi connectivity index (χ4v) is 2.81. The minimum absolute atomic E-state index is 0.670. The Kier molecular flexibility index (Phi) is 4.55. The van der Waals surface area contributed by atoms with Crippen molar-refractivity contribution in [2.75, 3.05) is 20.2 Å². The number of ether oxygens (including phenoxy) is 1. The molecule has 1 aromatic carbocycles. The van der Waals surface area contributed by atoms with Gasteiger partial charge in [-0.3, -0.25) is 0 Å². The quantitative estimate of drug-likeness (QED) is 0.910. The molecule has 0 aliphatic carbocycles. The lowest BCUT2D eigenvalue weighted by Gasteiger charge is -2.23. The number of nitrogens with one attached hydrogen (secondary N) is 1. The predicted molar refractivity (Wildman–Crippen MR) is 72.3 cm³/mol. The van der Waals surface area contributed by atoms with Gasteiger partial charge in [0.2, 0.25) is 0 Å². The molecule has 0 saturated carbocycles. The van der Waals surface area contributed by atoms with Crippen LogP contribution >= 0.6 is 23.2 Å². The van der Waals surface area contributed by atoms with Crippen LogP contribution in [0.25, 0.3) is 0 Å². The average molecular weight is 274 g/mol. The van der Waals surface area contributed by atoms with Crippen LogP contribution in [0.2, 0.25) is 10.0 Å². The Bertz CT molecular complexity index is 389. The molecular formula is C13H17Cl2NO. The van der Waals surface area contributed by atoms with Crippen molar-refractivity contribution >= 4 is 23.2 Å². The standard InChI is InChI=1S/C13H17Cl2NO/c1-17-12-8-11(14)7-10(13(12)15)6-9-2-4-16-5-3-9/h7-9,16H,2-6H2,1H3. The Labute approximate surface area is 112 Å². The molecule has 1 fully saturated rings. The van der Waals surface area contributed by atoms with E-state index < -0.39 is 0 Å². The minimum Gasteiger partial charge on any atom is -0.495 e. The zero-order valence-electron chi connectivity index (χ0n) is 9.93. The molecule has 0 radical (unpaired) electrons. The summed E-state index contributed by atoms with van der Waals surface area (Å²) in [5.41, 5.74) is 1.10. The minimum atomic E-state index is 0.670. The summed E-state index contributed by atoms with van der Waals surface area (Å²) in [6.07, 6.45) is 3.38. The van der Waals surface area contributed by atoms with E-state index >= 15 is 0 Å². The fraction of sp³-hybridized carbons (Fsp3) is 0.538. The van der Waals surface area contributed by atoms with Crippen LogP contribution in [-0.2, 0) is 6.42 Å². The van der Waals surface area contributed by atoms with Gasteiger partial charge in [0, 0.05) is 11.1 Å². The maximum Gasteiger partial charge on any atom is 0.139 e. The summed E-state index contributed by atoms with van der Waals surface area (Å²) in [6, 6.07) is 3.71. The highest BCUT2D eigenvalue weighted by Crippen LogP contribution is 2.34. The van der Waals surface area contributed by atoms with Crippen LogP contribution in [0.4, 0.5) is 0 Å². The van der Waals surface area contributed by atoms with Gasteiger partial charge in [-0.1, -0.05) is 23.2 Å². The molecular weight excluding hydrogens is 257 g/mol. The number of hydrogen-bond donors (Lipinski definition) is 1. The van der Waals surface area contributed by atoms with Gasteiger partial charge in [0.15, 0.2) is 0 Å². The largest absolute Gasteiger partial charge is 0.495 e. The van der Waals surface area contributed by atoms with E-state index in [1.807, 2.05) is 6.07 Å². The molecule has 1 aromatic rings. The molecule has 0 bridgehead atoms. The van der Waals surface area contributed by atoms with Crippen LogP contribution in [-0.4, -0.2) is 20.2 Å². The number of rotatable bonds is 3. The van der Waals surface area contributed by atoms with E-state index in [4.69, 9.17) is 27.9 Å². The summed E-state index contributed by atoms with van der Waals surface area (Å²) in [5, 5.41) is 4.76. The molecule has 1 aliphatic rings. The number of benzene rings is 1. The molecule has 0 aromatic heterocycles. The SMILES string of the molecule is COc1cc(Cl)cc(CC2CCNCC2)c1Cl. The van der Waals surface area contributed by atoms with E-state index in [9.17, 15) is 0 Å². The van der Waals surface area contributed by atoms with Crippen LogP contribution in [0, 0.1) is 5.92 Å². The third kappa shape index (κ3) is 3.27. The number of hydrogen-bond acceptors (Lipinski definition) is 2. The third-order valence-electron chi connectivity index (χ3n) is 3.27. The van der Waals surface area contributed by atoms with E-state index in [1.54, 1.807) is 13.2 Å². The molecule has 0 amide bonds. The lowest BCUT2D eigenvalue weighted by atomic mass is 9.91. The first-order valence-electron chi connectivity index (χ1n) is 5.93. The molecule has 0 spiro atoms. The van der Waals surface area contributed by atoms with Crippen molar-refractivity contribution in [1.82, 2.24) is 5.32 Å². The second-order valence-corrected chi connectivity index (χ2v) is 5.29. The monoisotopic (exact) mass is 273 g/mol. The van der Waals surface area contributed by atoms with Gasteiger partial charge in [-0.15, -0.1) is 0 Å².